The molecule has 8 heteroatoms. The number of pyridine rings is 1. The highest BCUT2D eigenvalue weighted by Crippen LogP contribution is 2.31. The zero-order chi connectivity index (χ0) is 19.6. The van der Waals surface area contributed by atoms with Gasteiger partial charge in [0.2, 0.25) is 5.88 Å². The quantitative estimate of drug-likeness (QED) is 0.659. The van der Waals surface area contributed by atoms with Crippen LogP contribution in [0.15, 0.2) is 53.5 Å². The van der Waals surface area contributed by atoms with Gasteiger partial charge in [-0.3, -0.25) is 14.0 Å². The van der Waals surface area contributed by atoms with Crippen molar-refractivity contribution in [1.29, 1.82) is 0 Å². The van der Waals surface area contributed by atoms with Crippen molar-refractivity contribution in [3.8, 4) is 5.88 Å². The maximum Gasteiger partial charge on any atom is 0.335 e. The van der Waals surface area contributed by atoms with Crippen molar-refractivity contribution in [2.75, 3.05) is 7.11 Å². The summed E-state index contributed by atoms with van der Waals surface area (Å²) < 4.78 is 5.98. The van der Waals surface area contributed by atoms with E-state index in [1.165, 1.54) is 42.0 Å². The average Bonchev–Trinajstić information content (AvgIpc) is 2.67. The highest BCUT2D eigenvalue weighted by Gasteiger charge is 2.27. The summed E-state index contributed by atoms with van der Waals surface area (Å²) in [6.45, 7) is 0. The standard InChI is InChI=1S/C19H16N2O6/c1-27-15(22)10-13(11-5-7-12(8-6-11)19(25)26)16-17(23)20-14-4-2-3-9-21(14)18(16)24/h2-9,13,23H,10H2,1H3,(H,25,26)/t13-/m0/s1. The van der Waals surface area contributed by atoms with Gasteiger partial charge in [0.05, 0.1) is 24.7 Å². The minimum absolute atomic E-state index is 0.0628. The molecule has 138 valence electrons. The topological polar surface area (TPSA) is 118 Å². The lowest BCUT2D eigenvalue weighted by atomic mass is 9.89. The zero-order valence-corrected chi connectivity index (χ0v) is 14.3. The van der Waals surface area contributed by atoms with Crippen LogP contribution in [0.5, 0.6) is 5.88 Å². The lowest BCUT2D eigenvalue weighted by Crippen LogP contribution is -2.24. The van der Waals surface area contributed by atoms with Crippen molar-refractivity contribution in [3.63, 3.8) is 0 Å². The van der Waals surface area contributed by atoms with Gasteiger partial charge in [-0.2, -0.15) is 4.98 Å². The van der Waals surface area contributed by atoms with Crippen molar-refractivity contribution in [3.05, 3.63) is 75.7 Å². The fourth-order valence-electron chi connectivity index (χ4n) is 2.89. The zero-order valence-electron chi connectivity index (χ0n) is 14.3. The van der Waals surface area contributed by atoms with Crippen LogP contribution in [0.4, 0.5) is 0 Å². The molecule has 2 N–H and O–H groups in total. The second-order valence-corrected chi connectivity index (χ2v) is 5.84. The number of aromatic nitrogens is 2. The summed E-state index contributed by atoms with van der Waals surface area (Å²) in [5, 5.41) is 19.4. The Balaban J connectivity index is 2.19. The molecule has 0 aliphatic heterocycles. The number of fused-ring (bicyclic) bond motifs is 1. The van der Waals surface area contributed by atoms with Crippen molar-refractivity contribution in [2.45, 2.75) is 12.3 Å². The van der Waals surface area contributed by atoms with Crippen LogP contribution in [0.2, 0.25) is 0 Å². The van der Waals surface area contributed by atoms with Crippen LogP contribution >= 0.6 is 0 Å². The number of hydrogen-bond acceptors (Lipinski definition) is 6. The van der Waals surface area contributed by atoms with E-state index in [-0.39, 0.29) is 23.2 Å². The number of methoxy groups -OCH3 is 1. The Hall–Kier alpha value is -3.68. The van der Waals surface area contributed by atoms with Gasteiger partial charge in [0.15, 0.2) is 0 Å². The largest absolute Gasteiger partial charge is 0.493 e. The van der Waals surface area contributed by atoms with E-state index in [0.29, 0.717) is 5.56 Å². The van der Waals surface area contributed by atoms with Crippen LogP contribution in [0.25, 0.3) is 5.65 Å². The first kappa shape index (κ1) is 18.1. The predicted molar refractivity (Wildman–Crippen MR) is 95.0 cm³/mol. The average molecular weight is 368 g/mol. The molecule has 0 saturated carbocycles. The molecule has 0 bridgehead atoms. The van der Waals surface area contributed by atoms with Crippen LogP contribution in [0, 0.1) is 0 Å². The predicted octanol–water partition coefficient (Wildman–Crippen LogP) is 1.79. The normalized spacial score (nSPS) is 11.9. The lowest BCUT2D eigenvalue weighted by Gasteiger charge is -2.17. The second kappa shape index (κ2) is 7.28. The summed E-state index contributed by atoms with van der Waals surface area (Å²) in [7, 11) is 1.22. The van der Waals surface area contributed by atoms with Crippen molar-refractivity contribution < 1.29 is 24.5 Å². The Morgan fingerprint density at radius 2 is 1.89 bits per heavy atom. The van der Waals surface area contributed by atoms with Gasteiger partial charge in [-0.15, -0.1) is 0 Å². The fourth-order valence-corrected chi connectivity index (χ4v) is 2.89. The molecule has 0 saturated heterocycles. The Labute approximate surface area is 153 Å². The molecule has 27 heavy (non-hydrogen) atoms. The molecular weight excluding hydrogens is 352 g/mol. The van der Waals surface area contributed by atoms with Gasteiger partial charge in [-0.25, -0.2) is 4.79 Å². The highest BCUT2D eigenvalue weighted by atomic mass is 16.5. The van der Waals surface area contributed by atoms with Crippen molar-refractivity contribution in [1.82, 2.24) is 9.38 Å². The van der Waals surface area contributed by atoms with E-state index in [2.05, 4.69) is 4.98 Å². The van der Waals surface area contributed by atoms with Gasteiger partial charge < -0.3 is 14.9 Å². The van der Waals surface area contributed by atoms with Gasteiger partial charge in [-0.05, 0) is 29.8 Å². The number of aromatic carboxylic acids is 1. The van der Waals surface area contributed by atoms with E-state index in [0.717, 1.165) is 0 Å². The molecule has 0 fully saturated rings. The third kappa shape index (κ3) is 3.50. The van der Waals surface area contributed by atoms with Crippen LogP contribution in [0.1, 0.15) is 33.8 Å². The smallest absolute Gasteiger partial charge is 0.335 e. The summed E-state index contributed by atoms with van der Waals surface area (Å²) in [5.74, 6) is -3.01. The summed E-state index contributed by atoms with van der Waals surface area (Å²) in [6, 6.07) is 10.6. The first-order valence-electron chi connectivity index (χ1n) is 8.02. The van der Waals surface area contributed by atoms with Gasteiger partial charge in [0, 0.05) is 12.1 Å². The van der Waals surface area contributed by atoms with E-state index in [9.17, 15) is 19.5 Å². The van der Waals surface area contributed by atoms with Crippen LogP contribution < -0.4 is 5.56 Å². The van der Waals surface area contributed by atoms with Gasteiger partial charge in [-0.1, -0.05) is 18.2 Å². The summed E-state index contributed by atoms with van der Waals surface area (Å²) in [6.07, 6.45) is 1.29. The second-order valence-electron chi connectivity index (χ2n) is 5.84. The number of aromatic hydroxyl groups is 1. The van der Waals surface area contributed by atoms with E-state index in [4.69, 9.17) is 9.84 Å². The summed E-state index contributed by atoms with van der Waals surface area (Å²) in [5.41, 5.74) is 0.229. The monoisotopic (exact) mass is 368 g/mol. The third-order valence-corrected chi connectivity index (χ3v) is 4.26. The molecule has 0 amide bonds. The van der Waals surface area contributed by atoms with Crippen molar-refractivity contribution in [2.24, 2.45) is 0 Å². The number of esters is 1. The van der Waals surface area contributed by atoms with E-state index in [1.54, 1.807) is 18.2 Å². The summed E-state index contributed by atoms with van der Waals surface area (Å²) >= 11 is 0. The Morgan fingerprint density at radius 1 is 1.19 bits per heavy atom. The van der Waals surface area contributed by atoms with Gasteiger partial charge in [0.1, 0.15) is 5.65 Å². The van der Waals surface area contributed by atoms with E-state index < -0.39 is 29.3 Å². The number of hydrogen-bond donors (Lipinski definition) is 2. The number of rotatable bonds is 5. The van der Waals surface area contributed by atoms with E-state index in [1.807, 2.05) is 0 Å². The van der Waals surface area contributed by atoms with Gasteiger partial charge in [0.25, 0.3) is 5.56 Å². The molecule has 2 aromatic heterocycles. The first-order valence-corrected chi connectivity index (χ1v) is 8.02. The molecule has 0 unspecified atom stereocenters. The maximum absolute atomic E-state index is 12.9. The number of nitrogens with zero attached hydrogens (tertiary/aromatic N) is 2. The molecule has 0 radical (unpaired) electrons. The molecule has 8 nitrogen and oxygen atoms in total. The number of carbonyl (C=O) groups excluding carboxylic acids is 1. The lowest BCUT2D eigenvalue weighted by molar-refractivity contribution is -0.140. The molecular formula is C19H16N2O6. The maximum atomic E-state index is 12.9. The number of carboxylic acids is 1. The fraction of sp³-hybridized carbons (Fsp3) is 0.158. The Kier molecular flexibility index (Phi) is 4.89. The van der Waals surface area contributed by atoms with Crippen LogP contribution in [0.3, 0.4) is 0 Å². The molecule has 1 aromatic carbocycles. The molecule has 0 aliphatic carbocycles. The van der Waals surface area contributed by atoms with Crippen LogP contribution in [-0.4, -0.2) is 38.6 Å². The highest BCUT2D eigenvalue weighted by molar-refractivity contribution is 5.87. The molecule has 3 aromatic rings. The van der Waals surface area contributed by atoms with Gasteiger partial charge >= 0.3 is 11.9 Å². The number of carboxylic acid groups (broad SMARTS) is 1. The molecule has 2 heterocycles. The molecule has 0 aliphatic rings. The SMILES string of the molecule is COC(=O)C[C@@H](c1ccc(C(=O)O)cc1)c1c(O)nc2ccccn2c1=O. The molecule has 3 rings (SSSR count). The summed E-state index contributed by atoms with van der Waals surface area (Å²) in [4.78, 5) is 39.9. The minimum Gasteiger partial charge on any atom is -0.493 e. The third-order valence-electron chi connectivity index (χ3n) is 4.26. The van der Waals surface area contributed by atoms with Crippen molar-refractivity contribution >= 4 is 17.6 Å². The first-order chi connectivity index (χ1) is 12.9. The number of ether oxygens (including phenoxy) is 1. The van der Waals surface area contributed by atoms with Crippen LogP contribution in [-0.2, 0) is 9.53 Å². The Morgan fingerprint density at radius 3 is 2.52 bits per heavy atom. The van der Waals surface area contributed by atoms with E-state index >= 15 is 0 Å². The molecule has 0 spiro atoms. The molecule has 1 atom stereocenters. The Bertz CT molecular complexity index is 1070. The minimum atomic E-state index is -1.10. The number of benzene rings is 1. The number of carbonyl (C=O) groups is 2.